The third kappa shape index (κ3) is 3.44. The van der Waals surface area contributed by atoms with Crippen LogP contribution in [-0.4, -0.2) is 65.8 Å². The number of benzene rings is 1. The summed E-state index contributed by atoms with van der Waals surface area (Å²) in [5.74, 6) is -3.66. The van der Waals surface area contributed by atoms with E-state index in [0.29, 0.717) is 18.7 Å². The molecule has 3 atom stereocenters. The molecule has 0 spiro atoms. The molecule has 6 nitrogen and oxygen atoms in total. The van der Waals surface area contributed by atoms with Crippen LogP contribution < -0.4 is 5.32 Å². The molecule has 28 heavy (non-hydrogen) atoms. The summed E-state index contributed by atoms with van der Waals surface area (Å²) in [7, 11) is 0. The van der Waals surface area contributed by atoms with Gasteiger partial charge in [0, 0.05) is 31.1 Å². The molecule has 2 amide bonds. The summed E-state index contributed by atoms with van der Waals surface area (Å²) in [5.41, 5.74) is 0.430. The van der Waals surface area contributed by atoms with Gasteiger partial charge in [0.1, 0.15) is 11.9 Å². The zero-order valence-corrected chi connectivity index (χ0v) is 14.9. The molecule has 1 N–H and O–H groups in total. The summed E-state index contributed by atoms with van der Waals surface area (Å²) < 4.78 is 39.9. The van der Waals surface area contributed by atoms with Gasteiger partial charge in [-0.1, -0.05) is 0 Å². The van der Waals surface area contributed by atoms with Crippen LogP contribution in [-0.2, 0) is 4.79 Å². The fraction of sp³-hybridized carbons (Fsp3) is 0.526. The lowest BCUT2D eigenvalue weighted by Crippen LogP contribution is -2.43. The van der Waals surface area contributed by atoms with Crippen LogP contribution in [0.3, 0.4) is 0 Å². The van der Waals surface area contributed by atoms with Gasteiger partial charge >= 0.3 is 0 Å². The average molecular weight is 392 g/mol. The third-order valence-corrected chi connectivity index (χ3v) is 5.80. The maximum absolute atomic E-state index is 13.4. The van der Waals surface area contributed by atoms with Crippen molar-refractivity contribution in [2.45, 2.75) is 24.4 Å². The Labute approximate surface area is 159 Å². The number of rotatable bonds is 4. The Kier molecular flexibility index (Phi) is 4.54. The summed E-state index contributed by atoms with van der Waals surface area (Å²) in [4.78, 5) is 27.3. The summed E-state index contributed by atoms with van der Waals surface area (Å²) in [5, 5.41) is 12.1. The molecule has 0 aromatic heterocycles. The SMILES string of the molecule is N#C[C@@H]1CC(F)(F)CN1C(=O)CNC1C2CN(C(=O)c3ccc(F)cc3)CC21. The molecule has 1 aliphatic carbocycles. The number of fused-ring (bicyclic) bond motifs is 1. The van der Waals surface area contributed by atoms with Gasteiger partial charge < -0.3 is 15.1 Å². The molecule has 3 fully saturated rings. The first kappa shape index (κ1) is 18.7. The van der Waals surface area contributed by atoms with Gasteiger partial charge in [0.05, 0.1) is 19.2 Å². The van der Waals surface area contributed by atoms with Crippen LogP contribution in [0.2, 0.25) is 0 Å². The molecule has 1 aromatic rings. The van der Waals surface area contributed by atoms with E-state index in [0.717, 1.165) is 4.90 Å². The number of amides is 2. The van der Waals surface area contributed by atoms with E-state index in [1.54, 1.807) is 11.0 Å². The fourth-order valence-corrected chi connectivity index (χ4v) is 4.27. The van der Waals surface area contributed by atoms with Gasteiger partial charge in [0.25, 0.3) is 11.8 Å². The highest BCUT2D eigenvalue weighted by atomic mass is 19.3. The first-order valence-corrected chi connectivity index (χ1v) is 9.14. The smallest absolute Gasteiger partial charge is 0.268 e. The van der Waals surface area contributed by atoms with E-state index in [-0.39, 0.29) is 30.3 Å². The molecule has 0 bridgehead atoms. The van der Waals surface area contributed by atoms with Gasteiger partial charge in [-0.2, -0.15) is 5.26 Å². The highest BCUT2D eigenvalue weighted by molar-refractivity contribution is 5.94. The van der Waals surface area contributed by atoms with Gasteiger partial charge in [0.2, 0.25) is 5.91 Å². The minimum atomic E-state index is -3.02. The second kappa shape index (κ2) is 6.78. The minimum absolute atomic E-state index is 0.0601. The van der Waals surface area contributed by atoms with Crippen LogP contribution in [0, 0.1) is 29.0 Å². The average Bonchev–Trinajstić information content (AvgIpc) is 2.99. The van der Waals surface area contributed by atoms with Gasteiger partial charge in [-0.25, -0.2) is 13.2 Å². The summed E-state index contributed by atoms with van der Waals surface area (Å²) in [6.07, 6.45) is -0.621. The maximum atomic E-state index is 13.4. The number of nitrogens with zero attached hydrogens (tertiary/aromatic N) is 3. The molecule has 2 aliphatic heterocycles. The fourth-order valence-electron chi connectivity index (χ4n) is 4.27. The molecule has 1 saturated carbocycles. The topological polar surface area (TPSA) is 76.4 Å². The molecule has 0 radical (unpaired) electrons. The lowest BCUT2D eigenvalue weighted by Gasteiger charge is -2.22. The maximum Gasteiger partial charge on any atom is 0.268 e. The molecular formula is C19H19F3N4O2. The Bertz CT molecular complexity index is 827. The number of hydrogen-bond acceptors (Lipinski definition) is 4. The Morgan fingerprint density at radius 1 is 1.21 bits per heavy atom. The van der Waals surface area contributed by atoms with Crippen LogP contribution in [0.4, 0.5) is 13.2 Å². The van der Waals surface area contributed by atoms with Crippen molar-refractivity contribution in [2.75, 3.05) is 26.2 Å². The van der Waals surface area contributed by atoms with E-state index in [4.69, 9.17) is 5.26 Å². The van der Waals surface area contributed by atoms with Crippen molar-refractivity contribution in [3.8, 4) is 6.07 Å². The largest absolute Gasteiger partial charge is 0.338 e. The number of hydrogen-bond donors (Lipinski definition) is 1. The molecule has 9 heteroatoms. The number of alkyl halides is 2. The third-order valence-electron chi connectivity index (χ3n) is 5.80. The molecule has 2 saturated heterocycles. The van der Waals surface area contributed by atoms with Crippen molar-refractivity contribution >= 4 is 11.8 Å². The number of nitriles is 1. The van der Waals surface area contributed by atoms with Crippen LogP contribution in [0.5, 0.6) is 0 Å². The first-order chi connectivity index (χ1) is 13.3. The monoisotopic (exact) mass is 392 g/mol. The van der Waals surface area contributed by atoms with Crippen LogP contribution in [0.15, 0.2) is 24.3 Å². The lowest BCUT2D eigenvalue weighted by atomic mass is 10.2. The number of carbonyl (C=O) groups is 2. The quantitative estimate of drug-likeness (QED) is 0.837. The van der Waals surface area contributed by atoms with E-state index in [1.807, 2.05) is 0 Å². The molecule has 4 rings (SSSR count). The zero-order chi connectivity index (χ0) is 20.1. The van der Waals surface area contributed by atoms with Crippen molar-refractivity contribution in [1.29, 1.82) is 5.26 Å². The van der Waals surface area contributed by atoms with Crippen molar-refractivity contribution in [2.24, 2.45) is 11.8 Å². The Morgan fingerprint density at radius 2 is 1.86 bits per heavy atom. The zero-order valence-electron chi connectivity index (χ0n) is 14.9. The highest BCUT2D eigenvalue weighted by Crippen LogP contribution is 2.45. The summed E-state index contributed by atoms with van der Waals surface area (Å²) in [6, 6.07) is 6.13. The first-order valence-electron chi connectivity index (χ1n) is 9.14. The number of halogens is 3. The molecular weight excluding hydrogens is 373 g/mol. The van der Waals surface area contributed by atoms with E-state index in [2.05, 4.69) is 5.32 Å². The van der Waals surface area contributed by atoms with Crippen molar-refractivity contribution in [3.63, 3.8) is 0 Å². The summed E-state index contributed by atoms with van der Waals surface area (Å²) >= 11 is 0. The minimum Gasteiger partial charge on any atom is -0.338 e. The van der Waals surface area contributed by atoms with E-state index in [9.17, 15) is 22.8 Å². The Morgan fingerprint density at radius 3 is 2.46 bits per heavy atom. The van der Waals surface area contributed by atoms with E-state index >= 15 is 0 Å². The van der Waals surface area contributed by atoms with Gasteiger partial charge in [-0.05, 0) is 36.1 Å². The van der Waals surface area contributed by atoms with Gasteiger partial charge in [-0.15, -0.1) is 0 Å². The number of nitrogens with one attached hydrogen (secondary N) is 1. The standard InChI is InChI=1S/C19H19F3N4O2/c20-12-3-1-11(2-4-12)18(28)25-8-14-15(9-25)17(14)24-7-16(27)26-10-19(21,22)5-13(26)6-23/h1-4,13-15,17,24H,5,7-10H2/t13-,14?,15?,17?/m0/s1. The van der Waals surface area contributed by atoms with Crippen molar-refractivity contribution in [3.05, 3.63) is 35.6 Å². The van der Waals surface area contributed by atoms with Crippen LogP contribution in [0.1, 0.15) is 16.8 Å². The second-order valence-electron chi connectivity index (χ2n) is 7.68. The predicted molar refractivity (Wildman–Crippen MR) is 91.8 cm³/mol. The number of likely N-dealkylation sites (tertiary alicyclic amines) is 2. The van der Waals surface area contributed by atoms with Crippen LogP contribution in [0.25, 0.3) is 0 Å². The van der Waals surface area contributed by atoms with E-state index in [1.165, 1.54) is 24.3 Å². The second-order valence-corrected chi connectivity index (χ2v) is 7.68. The Balaban J connectivity index is 1.26. The predicted octanol–water partition coefficient (Wildman–Crippen LogP) is 1.25. The number of carbonyl (C=O) groups excluding carboxylic acids is 2. The molecule has 2 unspecified atom stereocenters. The van der Waals surface area contributed by atoms with Gasteiger partial charge in [0.15, 0.2) is 0 Å². The van der Waals surface area contributed by atoms with Crippen molar-refractivity contribution < 1.29 is 22.8 Å². The molecule has 1 aromatic carbocycles. The van der Waals surface area contributed by atoms with Crippen molar-refractivity contribution in [1.82, 2.24) is 15.1 Å². The van der Waals surface area contributed by atoms with Crippen LogP contribution >= 0.6 is 0 Å². The normalized spacial score (nSPS) is 30.1. The molecule has 2 heterocycles. The Hall–Kier alpha value is -2.60. The lowest BCUT2D eigenvalue weighted by molar-refractivity contribution is -0.131. The molecule has 3 aliphatic rings. The van der Waals surface area contributed by atoms with Gasteiger partial charge in [-0.3, -0.25) is 9.59 Å². The van der Waals surface area contributed by atoms with E-state index < -0.39 is 36.7 Å². The number of piperidine rings is 1. The summed E-state index contributed by atoms with van der Waals surface area (Å²) in [6.45, 7) is 0.256. The molecule has 148 valence electrons. The highest BCUT2D eigenvalue weighted by Gasteiger charge is 2.57.